The summed E-state index contributed by atoms with van der Waals surface area (Å²) in [4.78, 5) is 21.5. The second-order valence-corrected chi connectivity index (χ2v) is 10.1. The van der Waals surface area contributed by atoms with Gasteiger partial charge in [-0.15, -0.1) is 10.1 Å². The standard InChI is InChI=1S/C21H35N3O4/c1-20-9-7-15(23-27-12-11-22)13-14(20)3-4-16-17-5-6-19(28-24(25)26)21(17,2)10-8-18(16)20/h14,16-19H,3-13,22H2,1-2H3/t14?,16?,17?,18?,19-,20-,21-/m0/s1. The van der Waals surface area contributed by atoms with Crippen molar-refractivity contribution in [3.63, 3.8) is 0 Å². The molecule has 0 heterocycles. The summed E-state index contributed by atoms with van der Waals surface area (Å²) >= 11 is 0. The number of rotatable bonds is 5. The molecule has 7 nitrogen and oxygen atoms in total. The third kappa shape index (κ3) is 3.19. The van der Waals surface area contributed by atoms with E-state index in [2.05, 4.69) is 19.0 Å². The van der Waals surface area contributed by atoms with Crippen LogP contribution in [-0.4, -0.2) is 30.1 Å². The molecule has 0 aromatic carbocycles. The summed E-state index contributed by atoms with van der Waals surface area (Å²) < 4.78 is 0. The molecule has 4 fully saturated rings. The minimum atomic E-state index is -0.572. The largest absolute Gasteiger partial charge is 0.395 e. The van der Waals surface area contributed by atoms with Crippen molar-refractivity contribution in [2.24, 2.45) is 45.4 Å². The van der Waals surface area contributed by atoms with Gasteiger partial charge in [-0.1, -0.05) is 19.0 Å². The van der Waals surface area contributed by atoms with Gasteiger partial charge >= 0.3 is 0 Å². The van der Waals surface area contributed by atoms with Crippen LogP contribution < -0.4 is 5.73 Å². The van der Waals surface area contributed by atoms with Crippen LogP contribution in [0.4, 0.5) is 0 Å². The molecule has 4 aliphatic carbocycles. The second kappa shape index (κ2) is 7.47. The normalized spacial score (nSPS) is 46.4. The molecule has 0 aromatic rings. The Morgan fingerprint density at radius 3 is 2.68 bits per heavy atom. The Labute approximate surface area is 167 Å². The molecule has 4 rings (SSSR count). The molecule has 7 heteroatoms. The fourth-order valence-electron chi connectivity index (χ4n) is 7.56. The van der Waals surface area contributed by atoms with Gasteiger partial charge in [0.05, 0.1) is 5.71 Å². The van der Waals surface area contributed by atoms with Crippen molar-refractivity contribution in [3.05, 3.63) is 10.1 Å². The van der Waals surface area contributed by atoms with E-state index < -0.39 is 5.09 Å². The summed E-state index contributed by atoms with van der Waals surface area (Å²) in [7, 11) is 0. The smallest absolute Gasteiger partial charge is 0.294 e. The highest BCUT2D eigenvalue weighted by atomic mass is 17.0. The monoisotopic (exact) mass is 393 g/mol. The third-order valence-corrected chi connectivity index (χ3v) is 9.03. The van der Waals surface area contributed by atoms with E-state index >= 15 is 0 Å². The van der Waals surface area contributed by atoms with Crippen molar-refractivity contribution < 1.29 is 14.8 Å². The average Bonchev–Trinajstić information content (AvgIpc) is 2.98. The van der Waals surface area contributed by atoms with Gasteiger partial charge in [-0.3, -0.25) is 0 Å². The molecule has 0 bridgehead atoms. The Balaban J connectivity index is 1.48. The highest BCUT2D eigenvalue weighted by Crippen LogP contribution is 2.66. The summed E-state index contributed by atoms with van der Waals surface area (Å²) in [5.41, 5.74) is 7.02. The van der Waals surface area contributed by atoms with Gasteiger partial charge in [-0.25, -0.2) is 0 Å². The van der Waals surface area contributed by atoms with E-state index in [-0.39, 0.29) is 11.5 Å². The summed E-state index contributed by atoms with van der Waals surface area (Å²) in [6, 6.07) is 0. The topological polar surface area (TPSA) is 100.0 Å². The zero-order valence-corrected chi connectivity index (χ0v) is 17.3. The molecular weight excluding hydrogens is 358 g/mol. The van der Waals surface area contributed by atoms with Crippen LogP contribution in [0, 0.1) is 44.6 Å². The maximum absolute atomic E-state index is 11.0. The van der Waals surface area contributed by atoms with E-state index in [0.29, 0.717) is 36.3 Å². The summed E-state index contributed by atoms with van der Waals surface area (Å²) in [5, 5.41) is 14.8. The van der Waals surface area contributed by atoms with E-state index in [1.165, 1.54) is 31.4 Å². The van der Waals surface area contributed by atoms with Crippen molar-refractivity contribution in [1.29, 1.82) is 0 Å². The molecule has 0 aliphatic heterocycles. The number of hydrogen-bond donors (Lipinski definition) is 1. The first-order valence-electron chi connectivity index (χ1n) is 11.1. The molecule has 28 heavy (non-hydrogen) atoms. The fourth-order valence-corrected chi connectivity index (χ4v) is 7.56. The maximum atomic E-state index is 11.0. The zero-order valence-electron chi connectivity index (χ0n) is 17.3. The summed E-state index contributed by atoms with van der Waals surface area (Å²) in [5.74, 6) is 2.66. The van der Waals surface area contributed by atoms with E-state index in [4.69, 9.17) is 15.4 Å². The first-order chi connectivity index (χ1) is 13.4. The molecule has 0 radical (unpaired) electrons. The van der Waals surface area contributed by atoms with Gasteiger partial charge in [0.1, 0.15) is 12.7 Å². The first-order valence-corrected chi connectivity index (χ1v) is 11.1. The molecule has 158 valence electrons. The molecule has 0 aromatic heterocycles. The van der Waals surface area contributed by atoms with Gasteiger partial charge in [0.25, 0.3) is 5.09 Å². The Kier molecular flexibility index (Phi) is 5.31. The number of oxime groups is 1. The van der Waals surface area contributed by atoms with Crippen LogP contribution in [0.25, 0.3) is 0 Å². The predicted molar refractivity (Wildman–Crippen MR) is 106 cm³/mol. The van der Waals surface area contributed by atoms with Gasteiger partial charge in [0, 0.05) is 6.54 Å². The predicted octanol–water partition coefficient (Wildman–Crippen LogP) is 3.94. The lowest BCUT2D eigenvalue weighted by Gasteiger charge is -2.60. The highest BCUT2D eigenvalue weighted by Gasteiger charge is 2.60. The van der Waals surface area contributed by atoms with Gasteiger partial charge < -0.3 is 15.4 Å². The summed E-state index contributed by atoms with van der Waals surface area (Å²) in [6.07, 6.45) is 9.67. The van der Waals surface area contributed by atoms with Crippen LogP contribution in [0.3, 0.4) is 0 Å². The van der Waals surface area contributed by atoms with Crippen molar-refractivity contribution >= 4 is 5.71 Å². The van der Waals surface area contributed by atoms with E-state index in [1.807, 2.05) is 0 Å². The molecule has 0 spiro atoms. The number of hydrogen-bond acceptors (Lipinski definition) is 6. The summed E-state index contributed by atoms with van der Waals surface area (Å²) in [6.45, 7) is 5.76. The van der Waals surface area contributed by atoms with E-state index in [1.54, 1.807) is 0 Å². The Morgan fingerprint density at radius 2 is 1.93 bits per heavy atom. The minimum Gasteiger partial charge on any atom is -0.395 e. The van der Waals surface area contributed by atoms with Crippen molar-refractivity contribution in [1.82, 2.24) is 0 Å². The van der Waals surface area contributed by atoms with E-state index in [0.717, 1.165) is 38.0 Å². The fraction of sp³-hybridized carbons (Fsp3) is 0.952. The van der Waals surface area contributed by atoms with Crippen LogP contribution in [0.15, 0.2) is 5.16 Å². The maximum Gasteiger partial charge on any atom is 0.294 e. The molecular formula is C21H35N3O4. The quantitative estimate of drug-likeness (QED) is 0.433. The SMILES string of the molecule is C[C@]12CCC(=NOCCN)CC1CCC1C2CC[C@@]2(C)C1CC[C@@H]2O[N+](=O)[O-]. The van der Waals surface area contributed by atoms with Gasteiger partial charge in [0.2, 0.25) is 0 Å². The Morgan fingerprint density at radius 1 is 1.14 bits per heavy atom. The number of fused-ring (bicyclic) bond motifs is 5. The van der Waals surface area contributed by atoms with E-state index in [9.17, 15) is 10.1 Å². The molecule has 0 saturated heterocycles. The Bertz CT molecular complexity index is 641. The molecule has 4 unspecified atom stereocenters. The molecule has 2 N–H and O–H groups in total. The van der Waals surface area contributed by atoms with Gasteiger partial charge in [0.15, 0.2) is 0 Å². The average molecular weight is 394 g/mol. The molecule has 0 amide bonds. The first kappa shape index (κ1) is 19.9. The second-order valence-electron chi connectivity index (χ2n) is 10.1. The molecule has 7 atom stereocenters. The molecule has 4 aliphatic rings. The van der Waals surface area contributed by atoms with Crippen molar-refractivity contribution in [2.75, 3.05) is 13.2 Å². The number of nitrogens with two attached hydrogens (primary N) is 1. The third-order valence-electron chi connectivity index (χ3n) is 9.03. The van der Waals surface area contributed by atoms with Crippen molar-refractivity contribution in [2.45, 2.75) is 77.7 Å². The zero-order chi connectivity index (χ0) is 19.9. The van der Waals surface area contributed by atoms with Crippen LogP contribution >= 0.6 is 0 Å². The highest BCUT2D eigenvalue weighted by molar-refractivity contribution is 5.85. The number of nitrogens with zero attached hydrogens (tertiary/aromatic N) is 2. The van der Waals surface area contributed by atoms with Gasteiger partial charge in [-0.05, 0) is 92.3 Å². The minimum absolute atomic E-state index is 0.0330. The lowest BCUT2D eigenvalue weighted by atomic mass is 9.45. The Hall–Kier alpha value is -1.37. The van der Waals surface area contributed by atoms with Crippen LogP contribution in [0.2, 0.25) is 0 Å². The van der Waals surface area contributed by atoms with Crippen LogP contribution in [0.5, 0.6) is 0 Å². The lowest BCUT2D eigenvalue weighted by Crippen LogP contribution is -2.54. The van der Waals surface area contributed by atoms with Crippen LogP contribution in [0.1, 0.15) is 71.6 Å². The molecule has 4 saturated carbocycles. The van der Waals surface area contributed by atoms with Crippen LogP contribution in [-0.2, 0) is 9.68 Å². The lowest BCUT2D eigenvalue weighted by molar-refractivity contribution is -0.772. The van der Waals surface area contributed by atoms with Crippen molar-refractivity contribution in [3.8, 4) is 0 Å². The van der Waals surface area contributed by atoms with Gasteiger partial charge in [-0.2, -0.15) is 0 Å².